The average Bonchev–Trinajstić information content (AvgIpc) is 2.30. The zero-order valence-electron chi connectivity index (χ0n) is 7.43. The van der Waals surface area contributed by atoms with Crippen molar-refractivity contribution < 1.29 is 0 Å². The maximum atomic E-state index is 6.00. The van der Waals surface area contributed by atoms with Gasteiger partial charge in [-0.1, -0.05) is 13.3 Å². The fourth-order valence-electron chi connectivity index (χ4n) is 1.20. The summed E-state index contributed by atoms with van der Waals surface area (Å²) in [5.41, 5.74) is 6.00. The van der Waals surface area contributed by atoms with Gasteiger partial charge in [0, 0.05) is 20.3 Å². The van der Waals surface area contributed by atoms with E-state index in [9.17, 15) is 0 Å². The van der Waals surface area contributed by atoms with Crippen molar-refractivity contribution in [2.75, 3.05) is 0 Å². The van der Waals surface area contributed by atoms with E-state index in [0.29, 0.717) is 0 Å². The molecular weight excluding hydrogens is 234 g/mol. The summed E-state index contributed by atoms with van der Waals surface area (Å²) in [6, 6.07) is 2.35. The van der Waals surface area contributed by atoms with Gasteiger partial charge in [0.1, 0.15) is 0 Å². The van der Waals surface area contributed by atoms with Crippen LogP contribution in [0.4, 0.5) is 0 Å². The predicted octanol–water partition coefficient (Wildman–Crippen LogP) is 3.62. The minimum absolute atomic E-state index is 0.211. The van der Waals surface area contributed by atoms with Crippen LogP contribution in [-0.4, -0.2) is 0 Å². The van der Waals surface area contributed by atoms with Gasteiger partial charge >= 0.3 is 0 Å². The van der Waals surface area contributed by atoms with Gasteiger partial charge < -0.3 is 5.73 Å². The van der Waals surface area contributed by atoms with Gasteiger partial charge in [-0.05, 0) is 35.3 Å². The van der Waals surface area contributed by atoms with Gasteiger partial charge in [0.15, 0.2) is 0 Å². The maximum absolute atomic E-state index is 6.00. The number of nitrogens with two attached hydrogens (primary N) is 1. The first kappa shape index (κ1) is 10.2. The van der Waals surface area contributed by atoms with E-state index < -0.39 is 0 Å². The van der Waals surface area contributed by atoms with Crippen molar-refractivity contribution in [2.24, 2.45) is 5.73 Å². The summed E-state index contributed by atoms with van der Waals surface area (Å²) in [4.78, 5) is 2.61. The van der Waals surface area contributed by atoms with Crippen LogP contribution in [0, 0.1) is 6.92 Å². The summed E-state index contributed by atoms with van der Waals surface area (Å²) in [5, 5.41) is 0. The molecule has 0 amide bonds. The van der Waals surface area contributed by atoms with Gasteiger partial charge in [0.05, 0.1) is 0 Å². The monoisotopic (exact) mass is 247 g/mol. The lowest BCUT2D eigenvalue weighted by Crippen LogP contribution is -2.08. The van der Waals surface area contributed by atoms with Crippen molar-refractivity contribution in [3.63, 3.8) is 0 Å². The highest BCUT2D eigenvalue weighted by Crippen LogP contribution is 2.32. The molecule has 1 rings (SSSR count). The van der Waals surface area contributed by atoms with Crippen molar-refractivity contribution in [3.05, 3.63) is 20.3 Å². The first-order valence-corrected chi connectivity index (χ1v) is 5.77. The van der Waals surface area contributed by atoms with E-state index in [0.717, 1.165) is 12.8 Å². The second-order valence-electron chi connectivity index (χ2n) is 2.96. The summed E-state index contributed by atoms with van der Waals surface area (Å²) in [5.74, 6) is 0. The van der Waals surface area contributed by atoms with Crippen LogP contribution in [0.15, 0.2) is 10.5 Å². The minimum atomic E-state index is 0.211. The molecule has 0 spiro atoms. The quantitative estimate of drug-likeness (QED) is 0.868. The molecule has 0 aliphatic heterocycles. The highest BCUT2D eigenvalue weighted by atomic mass is 79.9. The highest BCUT2D eigenvalue weighted by molar-refractivity contribution is 9.10. The fraction of sp³-hybridized carbons (Fsp3) is 0.556. The van der Waals surface area contributed by atoms with Crippen LogP contribution in [0.1, 0.15) is 35.6 Å². The van der Waals surface area contributed by atoms with Crippen LogP contribution < -0.4 is 5.73 Å². The first-order chi connectivity index (χ1) is 5.65. The Labute approximate surface area is 86.1 Å². The SMILES string of the molecule is CCCC(N)c1sc(C)cc1Br. The van der Waals surface area contributed by atoms with E-state index in [4.69, 9.17) is 5.73 Å². The van der Waals surface area contributed by atoms with Gasteiger partial charge in [0.2, 0.25) is 0 Å². The minimum Gasteiger partial charge on any atom is -0.323 e. The number of hydrogen-bond donors (Lipinski definition) is 1. The summed E-state index contributed by atoms with van der Waals surface area (Å²) >= 11 is 5.31. The van der Waals surface area contributed by atoms with E-state index >= 15 is 0 Å². The molecule has 1 aromatic heterocycles. The highest BCUT2D eigenvalue weighted by Gasteiger charge is 2.11. The third-order valence-corrected chi connectivity index (χ3v) is 3.87. The van der Waals surface area contributed by atoms with Crippen LogP contribution in [0.3, 0.4) is 0 Å². The van der Waals surface area contributed by atoms with Crippen LogP contribution in [0.25, 0.3) is 0 Å². The molecular formula is C9H14BrNS. The van der Waals surface area contributed by atoms with Crippen LogP contribution >= 0.6 is 27.3 Å². The second kappa shape index (κ2) is 4.40. The van der Waals surface area contributed by atoms with Gasteiger partial charge in [-0.2, -0.15) is 0 Å². The van der Waals surface area contributed by atoms with Crippen molar-refractivity contribution >= 4 is 27.3 Å². The molecule has 12 heavy (non-hydrogen) atoms. The lowest BCUT2D eigenvalue weighted by atomic mass is 10.1. The van der Waals surface area contributed by atoms with Crippen molar-refractivity contribution in [1.29, 1.82) is 0 Å². The smallest absolute Gasteiger partial charge is 0.0401 e. The molecule has 0 fully saturated rings. The molecule has 0 radical (unpaired) electrons. The molecule has 0 bridgehead atoms. The first-order valence-electron chi connectivity index (χ1n) is 4.16. The molecule has 1 heterocycles. The summed E-state index contributed by atoms with van der Waals surface area (Å²) < 4.78 is 1.17. The Morgan fingerprint density at radius 2 is 2.33 bits per heavy atom. The number of rotatable bonds is 3. The lowest BCUT2D eigenvalue weighted by Gasteiger charge is -2.07. The molecule has 1 unspecified atom stereocenters. The fourth-order valence-corrected chi connectivity index (χ4v) is 3.18. The molecule has 0 saturated heterocycles. The van der Waals surface area contributed by atoms with Crippen LogP contribution in [0.5, 0.6) is 0 Å². The third kappa shape index (κ3) is 2.31. The van der Waals surface area contributed by atoms with Crippen molar-refractivity contribution in [2.45, 2.75) is 32.7 Å². The van der Waals surface area contributed by atoms with E-state index in [1.165, 1.54) is 14.2 Å². The van der Waals surface area contributed by atoms with Gasteiger partial charge in [-0.3, -0.25) is 0 Å². The van der Waals surface area contributed by atoms with E-state index in [-0.39, 0.29) is 6.04 Å². The molecule has 68 valence electrons. The number of thiophene rings is 1. The van der Waals surface area contributed by atoms with E-state index in [1.54, 1.807) is 11.3 Å². The number of aryl methyl sites for hydroxylation is 1. The van der Waals surface area contributed by atoms with Gasteiger partial charge in [-0.15, -0.1) is 11.3 Å². The molecule has 1 aromatic rings. The number of halogens is 1. The molecule has 0 aromatic carbocycles. The summed E-state index contributed by atoms with van der Waals surface area (Å²) in [6.07, 6.45) is 2.21. The molecule has 2 N–H and O–H groups in total. The Morgan fingerprint density at radius 3 is 2.75 bits per heavy atom. The normalized spacial score (nSPS) is 13.3. The third-order valence-electron chi connectivity index (χ3n) is 1.77. The molecule has 0 saturated carbocycles. The lowest BCUT2D eigenvalue weighted by molar-refractivity contribution is 0.646. The Morgan fingerprint density at radius 1 is 1.67 bits per heavy atom. The van der Waals surface area contributed by atoms with Gasteiger partial charge in [-0.25, -0.2) is 0 Å². The Balaban J connectivity index is 2.79. The van der Waals surface area contributed by atoms with Crippen molar-refractivity contribution in [3.8, 4) is 0 Å². The van der Waals surface area contributed by atoms with E-state index in [2.05, 4.69) is 35.8 Å². The largest absolute Gasteiger partial charge is 0.323 e. The molecule has 1 nitrogen and oxygen atoms in total. The van der Waals surface area contributed by atoms with Crippen LogP contribution in [-0.2, 0) is 0 Å². The topological polar surface area (TPSA) is 26.0 Å². The standard InChI is InChI=1S/C9H14BrNS/c1-3-4-8(11)9-7(10)5-6(2)12-9/h5,8H,3-4,11H2,1-2H3. The van der Waals surface area contributed by atoms with Gasteiger partial charge in [0.25, 0.3) is 0 Å². The maximum Gasteiger partial charge on any atom is 0.0401 e. The average molecular weight is 248 g/mol. The Kier molecular flexibility index (Phi) is 3.75. The zero-order chi connectivity index (χ0) is 9.14. The Hall–Kier alpha value is 0.140. The molecule has 3 heteroatoms. The van der Waals surface area contributed by atoms with Crippen molar-refractivity contribution in [1.82, 2.24) is 0 Å². The predicted molar refractivity (Wildman–Crippen MR) is 58.6 cm³/mol. The van der Waals surface area contributed by atoms with Crippen LogP contribution in [0.2, 0.25) is 0 Å². The molecule has 1 atom stereocenters. The Bertz CT molecular complexity index is 257. The summed E-state index contributed by atoms with van der Waals surface area (Å²) in [6.45, 7) is 4.27. The summed E-state index contributed by atoms with van der Waals surface area (Å²) in [7, 11) is 0. The zero-order valence-corrected chi connectivity index (χ0v) is 9.83. The number of hydrogen-bond acceptors (Lipinski definition) is 2. The van der Waals surface area contributed by atoms with E-state index in [1.807, 2.05) is 0 Å². The molecule has 0 aliphatic carbocycles. The second-order valence-corrected chi connectivity index (χ2v) is 5.11. The molecule has 0 aliphatic rings.